The molecule has 0 aromatic carbocycles. The fourth-order valence-electron chi connectivity index (χ4n) is 1.69. The lowest BCUT2D eigenvalue weighted by Crippen LogP contribution is -2.26. The fraction of sp³-hybridized carbons (Fsp3) is 0.500. The van der Waals surface area contributed by atoms with Crippen LogP contribution in [0.15, 0.2) is 18.5 Å². The maximum absolute atomic E-state index is 12.7. The van der Waals surface area contributed by atoms with E-state index in [1.807, 2.05) is 13.8 Å². The van der Waals surface area contributed by atoms with Gasteiger partial charge in [0, 0.05) is 31.1 Å². The first kappa shape index (κ1) is 14.6. The number of aliphatic hydroxyl groups excluding tert-OH is 1. The second-order valence-corrected chi connectivity index (χ2v) is 4.73. The fourth-order valence-corrected chi connectivity index (χ4v) is 1.69. The van der Waals surface area contributed by atoms with Gasteiger partial charge < -0.3 is 10.4 Å². The van der Waals surface area contributed by atoms with Gasteiger partial charge >= 0.3 is 6.18 Å². The highest BCUT2D eigenvalue weighted by atomic mass is 19.4. The molecule has 0 aliphatic heterocycles. The highest BCUT2D eigenvalue weighted by molar-refractivity contribution is 5.68. The van der Waals surface area contributed by atoms with Gasteiger partial charge in [-0.15, -0.1) is 0 Å². The number of alkyl halides is 3. The Morgan fingerprint density at radius 2 is 2.10 bits per heavy atom. The zero-order valence-corrected chi connectivity index (χ0v) is 11.0. The zero-order valence-electron chi connectivity index (χ0n) is 11.0. The van der Waals surface area contributed by atoms with Crippen LogP contribution in [0.25, 0.3) is 5.52 Å². The van der Waals surface area contributed by atoms with Crippen LogP contribution >= 0.6 is 0 Å². The quantitative estimate of drug-likeness (QED) is 0.905. The molecule has 0 aliphatic carbocycles. The molecule has 2 heterocycles. The molecule has 20 heavy (non-hydrogen) atoms. The maximum atomic E-state index is 12.7. The van der Waals surface area contributed by atoms with E-state index in [2.05, 4.69) is 15.4 Å². The number of anilines is 1. The van der Waals surface area contributed by atoms with Crippen molar-refractivity contribution in [3.8, 4) is 0 Å². The number of rotatable bonds is 4. The number of halogens is 3. The number of nitrogens with one attached hydrogen (secondary N) is 1. The Morgan fingerprint density at radius 3 is 2.70 bits per heavy atom. The zero-order chi connectivity index (χ0) is 14.9. The second-order valence-electron chi connectivity index (χ2n) is 4.73. The summed E-state index contributed by atoms with van der Waals surface area (Å²) >= 11 is 0. The van der Waals surface area contributed by atoms with E-state index in [1.165, 1.54) is 12.4 Å². The van der Waals surface area contributed by atoms with Crippen molar-refractivity contribution in [3.63, 3.8) is 0 Å². The van der Waals surface area contributed by atoms with Crippen LogP contribution in [-0.4, -0.2) is 32.4 Å². The van der Waals surface area contributed by atoms with Gasteiger partial charge in [0.05, 0.1) is 0 Å². The minimum Gasteiger partial charge on any atom is -0.396 e. The van der Waals surface area contributed by atoms with Crippen LogP contribution in [-0.2, 0) is 6.18 Å². The summed E-state index contributed by atoms with van der Waals surface area (Å²) in [6.07, 6.45) is -1.76. The van der Waals surface area contributed by atoms with Crippen LogP contribution in [0.5, 0.6) is 0 Å². The molecule has 110 valence electrons. The van der Waals surface area contributed by atoms with Crippen molar-refractivity contribution in [2.24, 2.45) is 5.92 Å². The van der Waals surface area contributed by atoms with Crippen LogP contribution < -0.4 is 5.32 Å². The lowest BCUT2D eigenvalue weighted by Gasteiger charge is -2.20. The van der Waals surface area contributed by atoms with E-state index >= 15 is 0 Å². The molecule has 8 heteroatoms. The Labute approximate surface area is 113 Å². The molecule has 0 fully saturated rings. The van der Waals surface area contributed by atoms with E-state index in [0.717, 1.165) is 10.6 Å². The van der Waals surface area contributed by atoms with Gasteiger partial charge in [-0.25, -0.2) is 9.50 Å². The maximum Gasteiger partial charge on any atom is 0.435 e. The third-order valence-corrected chi connectivity index (χ3v) is 3.19. The predicted molar refractivity (Wildman–Crippen MR) is 67.3 cm³/mol. The number of hydrogen-bond acceptors (Lipinski definition) is 4. The summed E-state index contributed by atoms with van der Waals surface area (Å²) in [5.74, 6) is 0.255. The second kappa shape index (κ2) is 5.28. The van der Waals surface area contributed by atoms with Crippen molar-refractivity contribution in [1.82, 2.24) is 14.6 Å². The minimum atomic E-state index is -4.49. The van der Waals surface area contributed by atoms with E-state index < -0.39 is 11.9 Å². The number of fused-ring (bicyclic) bond motifs is 1. The number of aliphatic hydroxyl groups is 1. The van der Waals surface area contributed by atoms with Gasteiger partial charge in [0.2, 0.25) is 0 Å². The summed E-state index contributed by atoms with van der Waals surface area (Å²) < 4.78 is 39.1. The molecule has 2 N–H and O–H groups in total. The van der Waals surface area contributed by atoms with Gasteiger partial charge in [0.1, 0.15) is 5.52 Å². The van der Waals surface area contributed by atoms with Crippen LogP contribution in [0.4, 0.5) is 19.0 Å². The SMILES string of the molecule is CC(CO)C(C)Nc1nccn2nc(C(F)(F)F)cc12. The molecule has 0 saturated carbocycles. The number of hydrogen-bond donors (Lipinski definition) is 2. The molecule has 2 unspecified atom stereocenters. The predicted octanol–water partition coefficient (Wildman–Crippen LogP) is 2.18. The van der Waals surface area contributed by atoms with Crippen molar-refractivity contribution in [2.75, 3.05) is 11.9 Å². The molecule has 5 nitrogen and oxygen atoms in total. The van der Waals surface area contributed by atoms with E-state index in [1.54, 1.807) is 0 Å². The van der Waals surface area contributed by atoms with Gasteiger partial charge in [-0.2, -0.15) is 18.3 Å². The van der Waals surface area contributed by atoms with Crippen LogP contribution in [0.1, 0.15) is 19.5 Å². The van der Waals surface area contributed by atoms with Crippen LogP contribution in [0.3, 0.4) is 0 Å². The third-order valence-electron chi connectivity index (χ3n) is 3.19. The summed E-state index contributed by atoms with van der Waals surface area (Å²) in [7, 11) is 0. The van der Waals surface area contributed by atoms with Crippen LogP contribution in [0, 0.1) is 5.92 Å². The van der Waals surface area contributed by atoms with Crippen LogP contribution in [0.2, 0.25) is 0 Å². The summed E-state index contributed by atoms with van der Waals surface area (Å²) in [5.41, 5.74) is -0.715. The van der Waals surface area contributed by atoms with Gasteiger partial charge in [-0.1, -0.05) is 6.92 Å². The average molecular weight is 288 g/mol. The Bertz CT molecular complexity index is 596. The number of aromatic nitrogens is 3. The highest BCUT2D eigenvalue weighted by Gasteiger charge is 2.34. The molecule has 2 aromatic rings. The Balaban J connectivity index is 2.37. The Kier molecular flexibility index (Phi) is 3.85. The molecule has 2 rings (SSSR count). The average Bonchev–Trinajstić information content (AvgIpc) is 2.82. The normalized spacial score (nSPS) is 15.3. The van der Waals surface area contributed by atoms with Crippen molar-refractivity contribution < 1.29 is 18.3 Å². The summed E-state index contributed by atoms with van der Waals surface area (Å²) in [6, 6.07) is 0.814. The lowest BCUT2D eigenvalue weighted by atomic mass is 10.1. The molecule has 0 spiro atoms. The Morgan fingerprint density at radius 1 is 1.40 bits per heavy atom. The lowest BCUT2D eigenvalue weighted by molar-refractivity contribution is -0.141. The van der Waals surface area contributed by atoms with E-state index in [9.17, 15) is 13.2 Å². The van der Waals surface area contributed by atoms with E-state index in [0.29, 0.717) is 5.82 Å². The van der Waals surface area contributed by atoms with Crippen molar-refractivity contribution in [2.45, 2.75) is 26.1 Å². The number of nitrogens with zero attached hydrogens (tertiary/aromatic N) is 3. The first-order chi connectivity index (χ1) is 9.32. The summed E-state index contributed by atoms with van der Waals surface area (Å²) in [4.78, 5) is 4.04. The molecule has 0 amide bonds. The molecule has 0 saturated heterocycles. The Hall–Kier alpha value is -1.83. The smallest absolute Gasteiger partial charge is 0.396 e. The van der Waals surface area contributed by atoms with E-state index in [4.69, 9.17) is 5.11 Å². The molecular weight excluding hydrogens is 273 g/mol. The van der Waals surface area contributed by atoms with Crippen molar-refractivity contribution in [1.29, 1.82) is 0 Å². The van der Waals surface area contributed by atoms with Gasteiger partial charge in [-0.05, 0) is 12.8 Å². The first-order valence-corrected chi connectivity index (χ1v) is 6.12. The summed E-state index contributed by atoms with van der Waals surface area (Å²) in [6.45, 7) is 3.63. The van der Waals surface area contributed by atoms with E-state index in [-0.39, 0.29) is 24.1 Å². The summed E-state index contributed by atoms with van der Waals surface area (Å²) in [5, 5.41) is 15.6. The third kappa shape index (κ3) is 2.84. The first-order valence-electron chi connectivity index (χ1n) is 6.12. The molecule has 2 aromatic heterocycles. The largest absolute Gasteiger partial charge is 0.435 e. The van der Waals surface area contributed by atoms with Gasteiger partial charge in [0.25, 0.3) is 0 Å². The highest BCUT2D eigenvalue weighted by Crippen LogP contribution is 2.30. The molecule has 0 bridgehead atoms. The van der Waals surface area contributed by atoms with Gasteiger partial charge in [-0.3, -0.25) is 0 Å². The molecular formula is C12H15F3N4O. The topological polar surface area (TPSA) is 62.5 Å². The molecule has 2 atom stereocenters. The monoisotopic (exact) mass is 288 g/mol. The molecule has 0 aliphatic rings. The van der Waals surface area contributed by atoms with Gasteiger partial charge in [0.15, 0.2) is 11.5 Å². The standard InChI is InChI=1S/C12H15F3N4O/c1-7(6-20)8(2)17-11-9-5-10(12(13,14)15)18-19(9)4-3-16-11/h3-5,7-8,20H,6H2,1-2H3,(H,16,17). The van der Waals surface area contributed by atoms with Crippen molar-refractivity contribution >= 4 is 11.3 Å². The minimum absolute atomic E-state index is 0.0235. The molecule has 0 radical (unpaired) electrons. The van der Waals surface area contributed by atoms with Crippen molar-refractivity contribution in [3.05, 3.63) is 24.2 Å².